The Labute approximate surface area is 128 Å². The second-order valence-electron chi connectivity index (χ2n) is 5.41. The molecule has 0 spiro atoms. The molecule has 0 amide bonds. The van der Waals surface area contributed by atoms with Gasteiger partial charge in [-0.2, -0.15) is 0 Å². The predicted octanol–water partition coefficient (Wildman–Crippen LogP) is 4.42. The minimum absolute atomic E-state index is 0.120. The number of alkyl halides is 1. The quantitative estimate of drug-likeness (QED) is 0.785. The van der Waals surface area contributed by atoms with Gasteiger partial charge < -0.3 is 9.30 Å². The fraction of sp³-hybridized carbons (Fsp3) is 0.533. The summed E-state index contributed by atoms with van der Waals surface area (Å²) in [7, 11) is 0. The number of rotatable bonds is 3. The fourth-order valence-electron chi connectivity index (χ4n) is 2.83. The van der Waals surface area contributed by atoms with Gasteiger partial charge in [0.05, 0.1) is 23.0 Å². The zero-order chi connectivity index (χ0) is 14.1. The Kier molecular flexibility index (Phi) is 4.20. The van der Waals surface area contributed by atoms with Crippen LogP contribution in [0.15, 0.2) is 18.2 Å². The summed E-state index contributed by atoms with van der Waals surface area (Å²) in [6.45, 7) is 4.57. The zero-order valence-electron chi connectivity index (χ0n) is 11.5. The van der Waals surface area contributed by atoms with E-state index in [2.05, 4.69) is 9.55 Å². The summed E-state index contributed by atoms with van der Waals surface area (Å²) in [4.78, 5) is 4.64. The van der Waals surface area contributed by atoms with Crippen LogP contribution in [0.25, 0.3) is 11.0 Å². The molecule has 2 atom stereocenters. The van der Waals surface area contributed by atoms with E-state index in [-0.39, 0.29) is 5.38 Å². The average Bonchev–Trinajstić information content (AvgIpc) is 2.78. The van der Waals surface area contributed by atoms with Crippen LogP contribution < -0.4 is 0 Å². The molecule has 108 valence electrons. The first-order valence-electron chi connectivity index (χ1n) is 7.02. The van der Waals surface area contributed by atoms with Crippen LogP contribution in [0.3, 0.4) is 0 Å². The summed E-state index contributed by atoms with van der Waals surface area (Å²) in [5.41, 5.74) is 2.01. The smallest absolute Gasteiger partial charge is 0.127 e. The molecule has 1 aliphatic rings. The molecular weight excluding hydrogens is 295 g/mol. The molecule has 0 aliphatic carbocycles. The van der Waals surface area contributed by atoms with Gasteiger partial charge in [0, 0.05) is 24.1 Å². The largest absolute Gasteiger partial charge is 0.381 e. The van der Waals surface area contributed by atoms with Crippen molar-refractivity contribution in [2.24, 2.45) is 5.92 Å². The highest BCUT2D eigenvalue weighted by Crippen LogP contribution is 2.28. The van der Waals surface area contributed by atoms with Gasteiger partial charge in [0.25, 0.3) is 0 Å². The van der Waals surface area contributed by atoms with Crippen LogP contribution in [0.5, 0.6) is 0 Å². The van der Waals surface area contributed by atoms with E-state index < -0.39 is 0 Å². The van der Waals surface area contributed by atoms with Crippen LogP contribution in [0.4, 0.5) is 0 Å². The van der Waals surface area contributed by atoms with Crippen molar-refractivity contribution in [2.45, 2.75) is 31.7 Å². The van der Waals surface area contributed by atoms with Gasteiger partial charge in [0.2, 0.25) is 0 Å². The Bertz CT molecular complexity index is 603. The summed E-state index contributed by atoms with van der Waals surface area (Å²) in [5, 5.41) is 0.586. The first-order valence-corrected chi connectivity index (χ1v) is 7.84. The lowest BCUT2D eigenvalue weighted by atomic mass is 10.0. The van der Waals surface area contributed by atoms with Crippen molar-refractivity contribution in [2.75, 3.05) is 13.2 Å². The zero-order valence-corrected chi connectivity index (χ0v) is 13.0. The van der Waals surface area contributed by atoms with E-state index in [9.17, 15) is 0 Å². The van der Waals surface area contributed by atoms with Gasteiger partial charge in [-0.05, 0) is 38.0 Å². The number of ether oxygens (including phenoxy) is 1. The highest BCUT2D eigenvalue weighted by molar-refractivity contribution is 6.31. The van der Waals surface area contributed by atoms with E-state index in [1.165, 1.54) is 6.42 Å². The van der Waals surface area contributed by atoms with Crippen molar-refractivity contribution in [1.82, 2.24) is 9.55 Å². The molecule has 0 bridgehead atoms. The van der Waals surface area contributed by atoms with Crippen molar-refractivity contribution in [3.8, 4) is 0 Å². The molecule has 1 aromatic carbocycles. The first kappa shape index (κ1) is 14.2. The Balaban J connectivity index is 1.99. The lowest BCUT2D eigenvalue weighted by Crippen LogP contribution is -2.23. The molecule has 2 unspecified atom stereocenters. The molecule has 5 heteroatoms. The fourth-order valence-corrected chi connectivity index (χ4v) is 3.16. The van der Waals surface area contributed by atoms with Gasteiger partial charge >= 0.3 is 0 Å². The van der Waals surface area contributed by atoms with Crippen LogP contribution in [0.1, 0.15) is 31.0 Å². The van der Waals surface area contributed by atoms with E-state index in [1.54, 1.807) is 0 Å². The second kappa shape index (κ2) is 5.92. The summed E-state index contributed by atoms with van der Waals surface area (Å²) >= 11 is 12.3. The van der Waals surface area contributed by atoms with Gasteiger partial charge in [-0.15, -0.1) is 11.6 Å². The molecule has 1 fully saturated rings. The molecule has 1 aliphatic heterocycles. The predicted molar refractivity (Wildman–Crippen MR) is 82.6 cm³/mol. The third kappa shape index (κ3) is 2.80. The number of nitrogens with zero attached hydrogens (tertiary/aromatic N) is 2. The highest BCUT2D eigenvalue weighted by atomic mass is 35.5. The average molecular weight is 313 g/mol. The standard InChI is InChI=1S/C15H18Cl2N2O/c1-10(16)15-18-13-7-12(17)4-5-14(13)19(15)8-11-3-2-6-20-9-11/h4-5,7,10-11H,2-3,6,8-9H2,1H3. The number of aromatic nitrogens is 2. The van der Waals surface area contributed by atoms with Gasteiger partial charge in [0.15, 0.2) is 0 Å². The van der Waals surface area contributed by atoms with Crippen LogP contribution in [0.2, 0.25) is 5.02 Å². The Morgan fingerprint density at radius 2 is 2.35 bits per heavy atom. The maximum absolute atomic E-state index is 6.29. The van der Waals surface area contributed by atoms with E-state index in [0.29, 0.717) is 10.9 Å². The highest BCUT2D eigenvalue weighted by Gasteiger charge is 2.20. The van der Waals surface area contributed by atoms with Crippen molar-refractivity contribution < 1.29 is 4.74 Å². The molecule has 2 heterocycles. The van der Waals surface area contributed by atoms with Crippen molar-refractivity contribution in [3.05, 3.63) is 29.0 Å². The number of halogens is 2. The number of hydrogen-bond acceptors (Lipinski definition) is 2. The molecule has 20 heavy (non-hydrogen) atoms. The third-order valence-corrected chi connectivity index (χ3v) is 4.22. The molecule has 2 aromatic rings. The van der Waals surface area contributed by atoms with Crippen LogP contribution >= 0.6 is 23.2 Å². The molecule has 0 radical (unpaired) electrons. The van der Waals surface area contributed by atoms with Crippen molar-refractivity contribution in [3.63, 3.8) is 0 Å². The summed E-state index contributed by atoms with van der Waals surface area (Å²) < 4.78 is 7.80. The molecule has 3 nitrogen and oxygen atoms in total. The number of fused-ring (bicyclic) bond motifs is 1. The molecule has 0 N–H and O–H groups in total. The minimum atomic E-state index is -0.120. The van der Waals surface area contributed by atoms with Gasteiger partial charge in [0.1, 0.15) is 5.82 Å². The van der Waals surface area contributed by atoms with E-state index in [1.807, 2.05) is 25.1 Å². The topological polar surface area (TPSA) is 27.1 Å². The van der Waals surface area contributed by atoms with E-state index in [0.717, 1.165) is 43.0 Å². The van der Waals surface area contributed by atoms with Crippen LogP contribution in [-0.4, -0.2) is 22.8 Å². The second-order valence-corrected chi connectivity index (χ2v) is 6.50. The summed E-state index contributed by atoms with van der Waals surface area (Å²) in [6.07, 6.45) is 2.33. The SMILES string of the molecule is CC(Cl)c1nc2cc(Cl)ccc2n1CC1CCCOC1. The Hall–Kier alpha value is -0.770. The normalized spacial score (nSPS) is 21.2. The maximum atomic E-state index is 6.29. The molecule has 0 saturated carbocycles. The summed E-state index contributed by atoms with van der Waals surface area (Å²) in [5.74, 6) is 1.44. The maximum Gasteiger partial charge on any atom is 0.127 e. The van der Waals surface area contributed by atoms with E-state index >= 15 is 0 Å². The first-order chi connectivity index (χ1) is 9.65. The lowest BCUT2D eigenvalue weighted by molar-refractivity contribution is 0.0485. The molecular formula is C15H18Cl2N2O. The molecule has 3 rings (SSSR count). The lowest BCUT2D eigenvalue weighted by Gasteiger charge is -2.23. The van der Waals surface area contributed by atoms with Gasteiger partial charge in [-0.25, -0.2) is 4.98 Å². The van der Waals surface area contributed by atoms with Crippen molar-refractivity contribution >= 4 is 34.2 Å². The van der Waals surface area contributed by atoms with Crippen LogP contribution in [-0.2, 0) is 11.3 Å². The molecule has 1 aromatic heterocycles. The van der Waals surface area contributed by atoms with Crippen LogP contribution in [0, 0.1) is 5.92 Å². The number of imidazole rings is 1. The van der Waals surface area contributed by atoms with E-state index in [4.69, 9.17) is 27.9 Å². The van der Waals surface area contributed by atoms with Crippen molar-refractivity contribution in [1.29, 1.82) is 0 Å². The summed E-state index contributed by atoms with van der Waals surface area (Å²) in [6, 6.07) is 5.83. The van der Waals surface area contributed by atoms with Gasteiger partial charge in [-0.1, -0.05) is 11.6 Å². The molecule has 1 saturated heterocycles. The number of benzene rings is 1. The third-order valence-electron chi connectivity index (χ3n) is 3.79. The Morgan fingerprint density at radius 3 is 3.05 bits per heavy atom. The monoisotopic (exact) mass is 312 g/mol. The minimum Gasteiger partial charge on any atom is -0.381 e. The number of hydrogen-bond donors (Lipinski definition) is 0. The van der Waals surface area contributed by atoms with Gasteiger partial charge in [-0.3, -0.25) is 0 Å². The Morgan fingerprint density at radius 1 is 1.50 bits per heavy atom.